The van der Waals surface area contributed by atoms with Gasteiger partial charge in [0.25, 0.3) is 5.69 Å². The van der Waals surface area contributed by atoms with E-state index in [4.69, 9.17) is 4.74 Å². The summed E-state index contributed by atoms with van der Waals surface area (Å²) in [6.45, 7) is 4.42. The Morgan fingerprint density at radius 3 is 2.83 bits per heavy atom. The molecular weight excluding hydrogens is 300 g/mol. The maximum atomic E-state index is 11.7. The number of aliphatic imine (C=N–C) groups is 1. The lowest BCUT2D eigenvalue weighted by molar-refractivity contribution is -0.384. The molecule has 0 unspecified atom stereocenters. The van der Waals surface area contributed by atoms with Crippen molar-refractivity contribution in [3.63, 3.8) is 0 Å². The minimum absolute atomic E-state index is 0.00239. The second kappa shape index (κ2) is 8.23. The zero-order chi connectivity index (χ0) is 16.7. The molecule has 2 rings (SSSR count). The van der Waals surface area contributed by atoms with Gasteiger partial charge < -0.3 is 10.1 Å². The van der Waals surface area contributed by atoms with Crippen LogP contribution in [-0.2, 0) is 11.3 Å². The quantitative estimate of drug-likeness (QED) is 0.373. The molecule has 1 saturated heterocycles. The summed E-state index contributed by atoms with van der Waals surface area (Å²) in [5.74, 6) is 1.04. The first-order valence-electron chi connectivity index (χ1n) is 7.43. The van der Waals surface area contributed by atoms with Crippen molar-refractivity contribution >= 4 is 17.6 Å². The van der Waals surface area contributed by atoms with Crippen molar-refractivity contribution in [2.75, 3.05) is 19.6 Å². The van der Waals surface area contributed by atoms with Gasteiger partial charge in [-0.3, -0.25) is 20.4 Å². The van der Waals surface area contributed by atoms with Crippen LogP contribution in [0, 0.1) is 16.0 Å². The lowest BCUT2D eigenvalue weighted by Gasteiger charge is -2.08. The summed E-state index contributed by atoms with van der Waals surface area (Å²) in [7, 11) is 0. The maximum Gasteiger partial charge on any atom is 0.412 e. The number of rotatable bonds is 5. The Balaban J connectivity index is 1.73. The molecule has 1 aromatic carbocycles. The first-order valence-corrected chi connectivity index (χ1v) is 7.43. The van der Waals surface area contributed by atoms with Crippen molar-refractivity contribution in [1.82, 2.24) is 10.6 Å². The van der Waals surface area contributed by atoms with E-state index in [-0.39, 0.29) is 12.3 Å². The molecule has 1 heterocycles. The molecule has 1 atom stereocenters. The van der Waals surface area contributed by atoms with E-state index in [0.717, 1.165) is 19.5 Å². The minimum atomic E-state index is -0.589. The number of non-ortho nitro benzene ring substituents is 1. The number of ether oxygens (including phenoxy) is 1. The topological polar surface area (TPSA) is 106 Å². The molecule has 0 spiro atoms. The number of benzene rings is 1. The highest BCUT2D eigenvalue weighted by molar-refractivity contribution is 5.93. The van der Waals surface area contributed by atoms with Gasteiger partial charge in [0.1, 0.15) is 12.4 Å². The molecule has 8 nitrogen and oxygen atoms in total. The molecule has 1 fully saturated rings. The van der Waals surface area contributed by atoms with E-state index >= 15 is 0 Å². The molecule has 124 valence electrons. The molecule has 0 aromatic heterocycles. The maximum absolute atomic E-state index is 11.7. The van der Waals surface area contributed by atoms with Gasteiger partial charge in [-0.05, 0) is 50.0 Å². The zero-order valence-corrected chi connectivity index (χ0v) is 12.9. The van der Waals surface area contributed by atoms with Gasteiger partial charge in [0.15, 0.2) is 0 Å². The van der Waals surface area contributed by atoms with Gasteiger partial charge in [-0.2, -0.15) is 0 Å². The fourth-order valence-electron chi connectivity index (χ4n) is 2.22. The average Bonchev–Trinajstić information content (AvgIpc) is 3.05. The average molecular weight is 320 g/mol. The van der Waals surface area contributed by atoms with Crippen LogP contribution in [0.5, 0.6) is 0 Å². The lowest BCUT2D eigenvalue weighted by atomic mass is 10.1. The lowest BCUT2D eigenvalue weighted by Crippen LogP contribution is -2.29. The highest BCUT2D eigenvalue weighted by Crippen LogP contribution is 2.12. The Morgan fingerprint density at radius 1 is 1.48 bits per heavy atom. The van der Waals surface area contributed by atoms with Crippen molar-refractivity contribution in [2.45, 2.75) is 20.0 Å². The van der Waals surface area contributed by atoms with Gasteiger partial charge in [0.2, 0.25) is 0 Å². The van der Waals surface area contributed by atoms with Crippen molar-refractivity contribution in [1.29, 1.82) is 0 Å². The summed E-state index contributed by atoms with van der Waals surface area (Å²) in [6.07, 6.45) is 0.510. The van der Waals surface area contributed by atoms with Gasteiger partial charge in [0.05, 0.1) is 4.92 Å². The molecule has 8 heteroatoms. The molecule has 1 aliphatic heterocycles. The normalized spacial score (nSPS) is 17.8. The summed E-state index contributed by atoms with van der Waals surface area (Å²) in [5, 5.41) is 16.4. The Hall–Kier alpha value is -2.48. The predicted octanol–water partition coefficient (Wildman–Crippen LogP) is 1.85. The van der Waals surface area contributed by atoms with E-state index < -0.39 is 11.0 Å². The zero-order valence-electron chi connectivity index (χ0n) is 12.9. The molecule has 0 saturated carbocycles. The second-order valence-corrected chi connectivity index (χ2v) is 5.41. The molecular formula is C15H20N4O4. The van der Waals surface area contributed by atoms with E-state index in [1.165, 1.54) is 12.1 Å². The Morgan fingerprint density at radius 2 is 2.22 bits per heavy atom. The number of carbonyl (C=O) groups is 1. The SMILES string of the molecule is CC(=NC[C@@H]1CCNC1)NC(=O)OCc1ccc([N+](=O)[O-])cc1. The molecule has 2 N–H and O–H groups in total. The van der Waals surface area contributed by atoms with E-state index in [1.54, 1.807) is 19.1 Å². The first-order chi connectivity index (χ1) is 11.0. The van der Waals surface area contributed by atoms with Gasteiger partial charge in [0, 0.05) is 18.7 Å². The minimum Gasteiger partial charge on any atom is -0.444 e. The number of alkyl carbamates (subject to hydrolysis) is 1. The van der Waals surface area contributed by atoms with Crippen LogP contribution in [0.15, 0.2) is 29.3 Å². The van der Waals surface area contributed by atoms with Crippen LogP contribution in [0.4, 0.5) is 10.5 Å². The highest BCUT2D eigenvalue weighted by atomic mass is 16.6. The number of nitro benzene ring substituents is 1. The summed E-state index contributed by atoms with van der Waals surface area (Å²) < 4.78 is 5.06. The van der Waals surface area contributed by atoms with Crippen LogP contribution in [0.25, 0.3) is 0 Å². The summed E-state index contributed by atoms with van der Waals surface area (Å²) in [4.78, 5) is 26.1. The second-order valence-electron chi connectivity index (χ2n) is 5.41. The van der Waals surface area contributed by atoms with Crippen molar-refractivity contribution in [3.05, 3.63) is 39.9 Å². The van der Waals surface area contributed by atoms with Crippen LogP contribution in [0.2, 0.25) is 0 Å². The van der Waals surface area contributed by atoms with Crippen molar-refractivity contribution in [2.24, 2.45) is 10.9 Å². The number of nitrogens with one attached hydrogen (secondary N) is 2. The molecule has 0 aliphatic carbocycles. The number of nitrogens with zero attached hydrogens (tertiary/aromatic N) is 2. The van der Waals surface area contributed by atoms with Crippen molar-refractivity contribution < 1.29 is 14.5 Å². The Kier molecular flexibility index (Phi) is 6.04. The molecule has 0 radical (unpaired) electrons. The summed E-state index contributed by atoms with van der Waals surface area (Å²) in [5.41, 5.74) is 0.681. The third-order valence-electron chi connectivity index (χ3n) is 3.55. The smallest absolute Gasteiger partial charge is 0.412 e. The first kappa shape index (κ1) is 16.9. The fourth-order valence-corrected chi connectivity index (χ4v) is 2.22. The number of hydrogen-bond donors (Lipinski definition) is 2. The monoisotopic (exact) mass is 320 g/mol. The third kappa shape index (κ3) is 5.67. The summed E-state index contributed by atoms with van der Waals surface area (Å²) >= 11 is 0. The van der Waals surface area contributed by atoms with E-state index in [2.05, 4.69) is 15.6 Å². The number of nitro groups is 1. The molecule has 0 bridgehead atoms. The van der Waals surface area contributed by atoms with Crippen LogP contribution >= 0.6 is 0 Å². The number of amides is 1. The van der Waals surface area contributed by atoms with E-state index in [0.29, 0.717) is 23.9 Å². The van der Waals surface area contributed by atoms with Crippen LogP contribution in [0.1, 0.15) is 18.9 Å². The van der Waals surface area contributed by atoms with Crippen molar-refractivity contribution in [3.8, 4) is 0 Å². The van der Waals surface area contributed by atoms with Crippen LogP contribution in [0.3, 0.4) is 0 Å². The van der Waals surface area contributed by atoms with Gasteiger partial charge in [-0.25, -0.2) is 4.79 Å². The number of amidine groups is 1. The molecule has 1 amide bonds. The number of hydrogen-bond acceptors (Lipinski definition) is 6. The van der Waals surface area contributed by atoms with E-state index in [9.17, 15) is 14.9 Å². The highest BCUT2D eigenvalue weighted by Gasteiger charge is 2.13. The molecule has 1 aromatic rings. The largest absolute Gasteiger partial charge is 0.444 e. The van der Waals surface area contributed by atoms with Crippen LogP contribution < -0.4 is 10.6 Å². The summed E-state index contributed by atoms with van der Waals surface area (Å²) in [6, 6.07) is 5.86. The van der Waals surface area contributed by atoms with E-state index in [1.807, 2.05) is 0 Å². The Labute approximate surface area is 134 Å². The van der Waals surface area contributed by atoms with Crippen LogP contribution in [-0.4, -0.2) is 36.5 Å². The third-order valence-corrected chi connectivity index (χ3v) is 3.55. The standard InChI is InChI=1S/C15H20N4O4/c1-11(17-9-13-6-7-16-8-13)18-15(20)23-10-12-2-4-14(5-3-12)19(21)22/h2-5,13,16H,6-10H2,1H3,(H,17,18,20)/t13-/m1/s1. The van der Waals surface area contributed by atoms with Gasteiger partial charge >= 0.3 is 6.09 Å². The fraction of sp³-hybridized carbons (Fsp3) is 0.467. The Bertz CT molecular complexity index is 580. The predicted molar refractivity (Wildman–Crippen MR) is 85.4 cm³/mol. The molecule has 1 aliphatic rings. The molecule has 23 heavy (non-hydrogen) atoms. The van der Waals surface area contributed by atoms with Gasteiger partial charge in [-0.1, -0.05) is 0 Å². The number of carbonyl (C=O) groups excluding carboxylic acids is 1. The van der Waals surface area contributed by atoms with Gasteiger partial charge in [-0.15, -0.1) is 0 Å².